The van der Waals surface area contributed by atoms with Gasteiger partial charge >= 0.3 is 0 Å². The molecule has 1 fully saturated rings. The molecular formula is C14H20ClNO2. The number of nitrogens with two attached hydrogens (primary N) is 1. The van der Waals surface area contributed by atoms with Crippen LogP contribution in [0.5, 0.6) is 5.75 Å². The highest BCUT2D eigenvalue weighted by molar-refractivity contribution is 6.31. The van der Waals surface area contributed by atoms with Crippen molar-refractivity contribution in [3.8, 4) is 5.75 Å². The molecule has 2 rings (SSSR count). The highest BCUT2D eigenvalue weighted by Crippen LogP contribution is 2.43. The Morgan fingerprint density at radius 3 is 2.67 bits per heavy atom. The lowest BCUT2D eigenvalue weighted by atomic mass is 9.74. The Bertz CT molecular complexity index is 430. The third-order valence-corrected chi connectivity index (χ3v) is 4.08. The first-order valence-electron chi connectivity index (χ1n) is 6.25. The zero-order chi connectivity index (χ0) is 13.2. The quantitative estimate of drug-likeness (QED) is 0.894. The van der Waals surface area contributed by atoms with Crippen LogP contribution in [-0.2, 0) is 10.2 Å². The predicted octanol–water partition coefficient (Wildman–Crippen LogP) is 2.66. The molecule has 0 unspecified atom stereocenters. The molecule has 100 valence electrons. The molecule has 2 N–H and O–H groups in total. The number of hydrogen-bond acceptors (Lipinski definition) is 3. The van der Waals surface area contributed by atoms with Gasteiger partial charge in [0.05, 0.1) is 20.3 Å². The Labute approximate surface area is 113 Å². The third kappa shape index (κ3) is 2.35. The highest BCUT2D eigenvalue weighted by atomic mass is 35.5. The second-order valence-corrected chi connectivity index (χ2v) is 5.37. The van der Waals surface area contributed by atoms with E-state index in [0.717, 1.165) is 48.0 Å². The van der Waals surface area contributed by atoms with Crippen molar-refractivity contribution < 1.29 is 9.47 Å². The van der Waals surface area contributed by atoms with Crippen molar-refractivity contribution in [1.82, 2.24) is 0 Å². The summed E-state index contributed by atoms with van der Waals surface area (Å²) in [6.07, 6.45) is 2.00. The summed E-state index contributed by atoms with van der Waals surface area (Å²) in [6, 6.07) is 4.02. The molecule has 0 amide bonds. The van der Waals surface area contributed by atoms with E-state index in [1.165, 1.54) is 0 Å². The number of hydrogen-bond donors (Lipinski definition) is 1. The Hall–Kier alpha value is -0.770. The minimum absolute atomic E-state index is 0.0298. The van der Waals surface area contributed by atoms with Gasteiger partial charge in [-0.2, -0.15) is 0 Å². The van der Waals surface area contributed by atoms with Gasteiger partial charge in [-0.15, -0.1) is 0 Å². The van der Waals surface area contributed by atoms with E-state index in [0.29, 0.717) is 6.54 Å². The molecule has 0 aliphatic carbocycles. The van der Waals surface area contributed by atoms with Crippen LogP contribution >= 0.6 is 11.6 Å². The average molecular weight is 270 g/mol. The van der Waals surface area contributed by atoms with Gasteiger partial charge in [0.2, 0.25) is 0 Å². The van der Waals surface area contributed by atoms with E-state index in [1.54, 1.807) is 7.11 Å². The van der Waals surface area contributed by atoms with Gasteiger partial charge < -0.3 is 15.2 Å². The molecule has 0 saturated carbocycles. The first-order valence-corrected chi connectivity index (χ1v) is 6.63. The summed E-state index contributed by atoms with van der Waals surface area (Å²) in [7, 11) is 1.70. The predicted molar refractivity (Wildman–Crippen MR) is 73.5 cm³/mol. The minimum Gasteiger partial charge on any atom is -0.496 e. The zero-order valence-electron chi connectivity index (χ0n) is 11.0. The number of benzene rings is 1. The fraction of sp³-hybridized carbons (Fsp3) is 0.571. The van der Waals surface area contributed by atoms with E-state index in [2.05, 4.69) is 0 Å². The van der Waals surface area contributed by atoms with Crippen molar-refractivity contribution >= 4 is 11.6 Å². The van der Waals surface area contributed by atoms with E-state index in [4.69, 9.17) is 26.8 Å². The van der Waals surface area contributed by atoms with E-state index >= 15 is 0 Å². The largest absolute Gasteiger partial charge is 0.496 e. The number of ether oxygens (including phenoxy) is 2. The monoisotopic (exact) mass is 269 g/mol. The molecular weight excluding hydrogens is 250 g/mol. The first-order chi connectivity index (χ1) is 8.63. The van der Waals surface area contributed by atoms with Crippen molar-refractivity contribution in [2.24, 2.45) is 5.73 Å². The van der Waals surface area contributed by atoms with Gasteiger partial charge in [-0.25, -0.2) is 0 Å². The van der Waals surface area contributed by atoms with Crippen LogP contribution in [-0.4, -0.2) is 26.9 Å². The highest BCUT2D eigenvalue weighted by Gasteiger charge is 2.42. The number of aryl methyl sites for hydroxylation is 1. The van der Waals surface area contributed by atoms with Gasteiger partial charge in [0.15, 0.2) is 0 Å². The molecule has 0 radical (unpaired) electrons. The van der Waals surface area contributed by atoms with Gasteiger partial charge in [-0.1, -0.05) is 11.6 Å². The number of methoxy groups -OCH3 is 1. The molecule has 0 bridgehead atoms. The molecule has 1 aliphatic rings. The van der Waals surface area contributed by atoms with Crippen LogP contribution in [0.25, 0.3) is 0 Å². The van der Waals surface area contributed by atoms with Crippen molar-refractivity contribution in [3.63, 3.8) is 0 Å². The second kappa shape index (κ2) is 5.47. The Morgan fingerprint density at radius 2 is 2.17 bits per heavy atom. The smallest absolute Gasteiger partial charge is 0.123 e. The maximum Gasteiger partial charge on any atom is 0.123 e. The van der Waals surface area contributed by atoms with E-state index < -0.39 is 0 Å². The second-order valence-electron chi connectivity index (χ2n) is 4.97. The number of rotatable bonds is 5. The zero-order valence-corrected chi connectivity index (χ0v) is 11.7. The fourth-order valence-corrected chi connectivity index (χ4v) is 2.63. The van der Waals surface area contributed by atoms with Crippen LogP contribution in [0.4, 0.5) is 0 Å². The summed E-state index contributed by atoms with van der Waals surface area (Å²) in [4.78, 5) is 0. The van der Waals surface area contributed by atoms with Crippen LogP contribution in [0.3, 0.4) is 0 Å². The summed E-state index contributed by atoms with van der Waals surface area (Å²) in [6.45, 7) is 4.13. The molecule has 1 saturated heterocycles. The Kier molecular flexibility index (Phi) is 4.15. The molecule has 1 aromatic carbocycles. The summed E-state index contributed by atoms with van der Waals surface area (Å²) in [5, 5.41) is 0.782. The van der Waals surface area contributed by atoms with Crippen LogP contribution in [0.1, 0.15) is 24.0 Å². The maximum atomic E-state index is 6.24. The molecule has 0 aromatic heterocycles. The number of halogens is 1. The molecule has 18 heavy (non-hydrogen) atoms. The summed E-state index contributed by atoms with van der Waals surface area (Å²) >= 11 is 6.24. The normalized spacial score (nSPS) is 17.3. The van der Waals surface area contributed by atoms with Gasteiger partial charge in [-0.3, -0.25) is 0 Å². The summed E-state index contributed by atoms with van der Waals surface area (Å²) in [5.41, 5.74) is 7.84. The van der Waals surface area contributed by atoms with Crippen molar-refractivity contribution in [3.05, 3.63) is 28.3 Å². The molecule has 3 nitrogen and oxygen atoms in total. The van der Waals surface area contributed by atoms with E-state index in [1.807, 2.05) is 19.1 Å². The topological polar surface area (TPSA) is 44.5 Å². The lowest BCUT2D eigenvalue weighted by Gasteiger charge is -2.43. The average Bonchev–Trinajstić information content (AvgIpc) is 2.32. The van der Waals surface area contributed by atoms with Crippen molar-refractivity contribution in [2.45, 2.75) is 25.2 Å². The molecule has 0 spiro atoms. The Morgan fingerprint density at radius 1 is 1.44 bits per heavy atom. The van der Waals surface area contributed by atoms with Gasteiger partial charge in [-0.05, 0) is 44.0 Å². The van der Waals surface area contributed by atoms with Crippen LogP contribution in [0.2, 0.25) is 5.02 Å². The van der Waals surface area contributed by atoms with Crippen molar-refractivity contribution in [2.75, 3.05) is 26.9 Å². The lowest BCUT2D eigenvalue weighted by molar-refractivity contribution is -0.0657. The van der Waals surface area contributed by atoms with E-state index in [9.17, 15) is 0 Å². The third-order valence-electron chi connectivity index (χ3n) is 3.67. The van der Waals surface area contributed by atoms with Gasteiger partial charge in [0, 0.05) is 16.0 Å². The molecule has 1 aliphatic heterocycles. The summed E-state index contributed by atoms with van der Waals surface area (Å²) in [5.74, 6) is 0.900. The van der Waals surface area contributed by atoms with Crippen LogP contribution < -0.4 is 10.5 Å². The molecule has 0 atom stereocenters. The summed E-state index contributed by atoms with van der Waals surface area (Å²) < 4.78 is 10.9. The molecule has 1 aromatic rings. The lowest BCUT2D eigenvalue weighted by Crippen LogP contribution is -2.47. The standard InChI is InChI=1S/C14H20ClNO2/c1-10-6-13(17-2)11(7-12(10)15)14(4-3-5-16)8-18-9-14/h6-7H,3-5,8-9,16H2,1-2H3. The van der Waals surface area contributed by atoms with E-state index in [-0.39, 0.29) is 5.41 Å². The maximum absolute atomic E-state index is 6.24. The SMILES string of the molecule is COc1cc(C)c(Cl)cc1C1(CCCN)COC1. The van der Waals surface area contributed by atoms with Gasteiger partial charge in [0.1, 0.15) is 5.75 Å². The molecule has 4 heteroatoms. The Balaban J connectivity index is 2.38. The minimum atomic E-state index is 0.0298. The van der Waals surface area contributed by atoms with Gasteiger partial charge in [0.25, 0.3) is 0 Å². The fourth-order valence-electron chi connectivity index (χ4n) is 2.46. The first kappa shape index (κ1) is 13.7. The molecule has 1 heterocycles. The van der Waals surface area contributed by atoms with Crippen LogP contribution in [0, 0.1) is 6.92 Å². The van der Waals surface area contributed by atoms with Crippen molar-refractivity contribution in [1.29, 1.82) is 0 Å². The van der Waals surface area contributed by atoms with Crippen LogP contribution in [0.15, 0.2) is 12.1 Å².